The first-order chi connectivity index (χ1) is 20.3. The van der Waals surface area contributed by atoms with E-state index >= 15 is 0 Å². The van der Waals surface area contributed by atoms with E-state index in [2.05, 4.69) is 45.0 Å². The molecule has 218 valence electrons. The maximum atomic E-state index is 13.3. The van der Waals surface area contributed by atoms with Crippen molar-refractivity contribution >= 4 is 12.1 Å². The van der Waals surface area contributed by atoms with E-state index in [0.717, 1.165) is 59.1 Å². The van der Waals surface area contributed by atoms with Crippen molar-refractivity contribution in [2.75, 3.05) is 6.61 Å². The SMILES string of the molecule is CCCCCc1cc(OC(=O)OCC2c3ccccc3-c3ccccc32)c2c(c1)OC(C)(C)C1CCC(C(=O)O)=CC21. The van der Waals surface area contributed by atoms with Gasteiger partial charge in [-0.2, -0.15) is 0 Å². The van der Waals surface area contributed by atoms with Gasteiger partial charge >= 0.3 is 12.1 Å². The number of carboxylic acid groups (broad SMARTS) is 1. The highest BCUT2D eigenvalue weighted by molar-refractivity contribution is 5.87. The summed E-state index contributed by atoms with van der Waals surface area (Å²) >= 11 is 0. The van der Waals surface area contributed by atoms with Gasteiger partial charge in [-0.1, -0.05) is 74.4 Å². The Morgan fingerprint density at radius 3 is 2.36 bits per heavy atom. The summed E-state index contributed by atoms with van der Waals surface area (Å²) in [6, 6.07) is 20.4. The van der Waals surface area contributed by atoms with Crippen molar-refractivity contribution in [2.24, 2.45) is 5.92 Å². The van der Waals surface area contributed by atoms with E-state index in [-0.39, 0.29) is 24.4 Å². The zero-order valence-corrected chi connectivity index (χ0v) is 24.5. The molecule has 0 amide bonds. The molecule has 6 rings (SSSR count). The normalized spacial score (nSPS) is 19.8. The van der Waals surface area contributed by atoms with Gasteiger partial charge < -0.3 is 19.3 Å². The minimum absolute atomic E-state index is 0.0453. The van der Waals surface area contributed by atoms with Gasteiger partial charge in [0, 0.05) is 28.9 Å². The van der Waals surface area contributed by atoms with Crippen LogP contribution < -0.4 is 9.47 Å². The van der Waals surface area contributed by atoms with Crippen molar-refractivity contribution in [3.05, 3.63) is 94.6 Å². The van der Waals surface area contributed by atoms with E-state index in [4.69, 9.17) is 14.2 Å². The molecule has 0 saturated carbocycles. The van der Waals surface area contributed by atoms with Gasteiger partial charge in [-0.3, -0.25) is 0 Å². The number of carbonyl (C=O) groups excluding carboxylic acids is 1. The quantitative estimate of drug-likeness (QED) is 0.167. The van der Waals surface area contributed by atoms with Gasteiger partial charge in [-0.05, 0) is 79.5 Å². The molecule has 3 aromatic carbocycles. The summed E-state index contributed by atoms with van der Waals surface area (Å²) in [7, 11) is 0. The van der Waals surface area contributed by atoms with Crippen LogP contribution in [0.3, 0.4) is 0 Å². The van der Waals surface area contributed by atoms with Crippen molar-refractivity contribution in [3.63, 3.8) is 0 Å². The van der Waals surface area contributed by atoms with Crippen LogP contribution in [0, 0.1) is 5.92 Å². The predicted octanol–water partition coefficient (Wildman–Crippen LogP) is 8.42. The van der Waals surface area contributed by atoms with Crippen molar-refractivity contribution in [3.8, 4) is 22.6 Å². The monoisotopic (exact) mass is 566 g/mol. The lowest BCUT2D eigenvalue weighted by atomic mass is 9.67. The number of aliphatic carboxylic acids is 1. The van der Waals surface area contributed by atoms with Gasteiger partial charge in [0.25, 0.3) is 0 Å². The molecule has 0 spiro atoms. The highest BCUT2D eigenvalue weighted by atomic mass is 16.7. The van der Waals surface area contributed by atoms with E-state index in [9.17, 15) is 14.7 Å². The average molecular weight is 567 g/mol. The van der Waals surface area contributed by atoms with Crippen molar-refractivity contribution in [1.29, 1.82) is 0 Å². The molecule has 1 aliphatic heterocycles. The number of aryl methyl sites for hydroxylation is 1. The molecule has 0 radical (unpaired) electrons. The number of carboxylic acids is 1. The summed E-state index contributed by atoms with van der Waals surface area (Å²) < 4.78 is 18.4. The van der Waals surface area contributed by atoms with Gasteiger partial charge in [-0.25, -0.2) is 9.59 Å². The lowest BCUT2D eigenvalue weighted by molar-refractivity contribution is -0.133. The fourth-order valence-corrected chi connectivity index (χ4v) is 7.09. The van der Waals surface area contributed by atoms with Crippen LogP contribution in [0.15, 0.2) is 72.3 Å². The summed E-state index contributed by atoms with van der Waals surface area (Å²) in [6.45, 7) is 6.44. The zero-order valence-electron chi connectivity index (χ0n) is 24.5. The van der Waals surface area contributed by atoms with Crippen LogP contribution in [0.5, 0.6) is 11.5 Å². The number of ether oxygens (including phenoxy) is 3. The molecule has 3 aliphatic rings. The Bertz CT molecular complexity index is 1500. The zero-order chi connectivity index (χ0) is 29.4. The summed E-state index contributed by atoms with van der Waals surface area (Å²) in [5.74, 6) is -0.139. The van der Waals surface area contributed by atoms with E-state index < -0.39 is 17.7 Å². The van der Waals surface area contributed by atoms with Crippen LogP contribution in [0.2, 0.25) is 0 Å². The molecule has 0 fully saturated rings. The lowest BCUT2D eigenvalue weighted by Gasteiger charge is -2.46. The summed E-state index contributed by atoms with van der Waals surface area (Å²) in [6.07, 6.45) is 6.26. The number of fused-ring (bicyclic) bond motifs is 6. The van der Waals surface area contributed by atoms with Crippen LogP contribution in [0.4, 0.5) is 4.79 Å². The summed E-state index contributed by atoms with van der Waals surface area (Å²) in [4.78, 5) is 25.3. The van der Waals surface area contributed by atoms with Gasteiger partial charge in [0.2, 0.25) is 0 Å². The minimum Gasteiger partial charge on any atom is -0.487 e. The number of rotatable bonds is 8. The predicted molar refractivity (Wildman–Crippen MR) is 161 cm³/mol. The second-order valence-corrected chi connectivity index (χ2v) is 12.2. The van der Waals surface area contributed by atoms with Crippen LogP contribution in [0.25, 0.3) is 11.1 Å². The molecule has 42 heavy (non-hydrogen) atoms. The maximum Gasteiger partial charge on any atom is 0.513 e. The molecule has 3 aromatic rings. The fourth-order valence-electron chi connectivity index (χ4n) is 7.09. The Kier molecular flexibility index (Phi) is 7.56. The number of allylic oxidation sites excluding steroid dienone is 1. The Labute approximate surface area is 247 Å². The van der Waals surface area contributed by atoms with Gasteiger partial charge in [-0.15, -0.1) is 0 Å². The standard InChI is InChI=1S/C36H38O6/c1-4-5-6-11-22-18-31(33-28-20-23(34(37)38)16-17-30(28)36(2,3)42-32(33)19-22)41-35(39)40-21-29-26-14-9-7-12-24(26)25-13-8-10-15-27(25)29/h7-10,12-15,18-20,28-30H,4-6,11,16-17,21H2,1-3H3,(H,37,38). The largest absolute Gasteiger partial charge is 0.513 e. The molecule has 6 nitrogen and oxygen atoms in total. The second kappa shape index (κ2) is 11.3. The number of hydrogen-bond acceptors (Lipinski definition) is 5. The van der Waals surface area contributed by atoms with Crippen molar-refractivity contribution < 1.29 is 28.9 Å². The van der Waals surface area contributed by atoms with Crippen molar-refractivity contribution in [2.45, 2.75) is 76.7 Å². The van der Waals surface area contributed by atoms with Crippen LogP contribution in [-0.4, -0.2) is 29.4 Å². The van der Waals surface area contributed by atoms with E-state index in [1.807, 2.05) is 42.5 Å². The smallest absolute Gasteiger partial charge is 0.487 e. The topological polar surface area (TPSA) is 82.1 Å². The summed E-state index contributed by atoms with van der Waals surface area (Å²) in [5.41, 5.74) is 6.23. The first kappa shape index (κ1) is 28.1. The van der Waals surface area contributed by atoms with Gasteiger partial charge in [0.1, 0.15) is 23.7 Å². The third-order valence-corrected chi connectivity index (χ3v) is 9.17. The third kappa shape index (κ3) is 5.19. The number of hydrogen-bond donors (Lipinski definition) is 1. The Morgan fingerprint density at radius 2 is 1.69 bits per heavy atom. The van der Waals surface area contributed by atoms with Crippen molar-refractivity contribution in [1.82, 2.24) is 0 Å². The first-order valence-corrected chi connectivity index (χ1v) is 15.1. The molecule has 0 saturated heterocycles. The molecule has 2 aliphatic carbocycles. The first-order valence-electron chi connectivity index (χ1n) is 15.1. The molecular formula is C36H38O6. The molecule has 0 bridgehead atoms. The van der Waals surface area contributed by atoms with E-state index in [1.54, 1.807) is 0 Å². The Hall–Kier alpha value is -4.06. The molecule has 2 unspecified atom stereocenters. The van der Waals surface area contributed by atoms with Gasteiger partial charge in [0.15, 0.2) is 0 Å². The lowest BCUT2D eigenvalue weighted by Crippen LogP contribution is -2.45. The highest BCUT2D eigenvalue weighted by Gasteiger charge is 2.46. The maximum absolute atomic E-state index is 13.3. The molecule has 0 aromatic heterocycles. The second-order valence-electron chi connectivity index (χ2n) is 12.2. The molecule has 1 heterocycles. The van der Waals surface area contributed by atoms with Gasteiger partial charge in [0.05, 0.1) is 0 Å². The highest BCUT2D eigenvalue weighted by Crippen LogP contribution is 2.54. The Morgan fingerprint density at radius 1 is 1.00 bits per heavy atom. The van der Waals surface area contributed by atoms with Crippen LogP contribution in [0.1, 0.15) is 87.0 Å². The molecular weight excluding hydrogens is 528 g/mol. The number of carbonyl (C=O) groups is 2. The average Bonchev–Trinajstić information content (AvgIpc) is 3.29. The van der Waals surface area contributed by atoms with E-state index in [0.29, 0.717) is 29.9 Å². The molecule has 1 N–H and O–H groups in total. The third-order valence-electron chi connectivity index (χ3n) is 9.17. The summed E-state index contributed by atoms with van der Waals surface area (Å²) in [5, 5.41) is 9.79. The molecule has 2 atom stereocenters. The Balaban J connectivity index is 1.30. The number of unbranched alkanes of at least 4 members (excludes halogenated alkanes) is 2. The minimum atomic E-state index is -0.908. The van der Waals surface area contributed by atoms with E-state index in [1.165, 1.54) is 0 Å². The van der Waals surface area contributed by atoms with Crippen LogP contribution >= 0.6 is 0 Å². The molecule has 6 heteroatoms. The number of benzene rings is 3. The van der Waals surface area contributed by atoms with Crippen LogP contribution in [-0.2, 0) is 16.0 Å². The fraction of sp³-hybridized carbons (Fsp3) is 0.389.